The summed E-state index contributed by atoms with van der Waals surface area (Å²) in [5.74, 6) is 0.0281. The van der Waals surface area contributed by atoms with E-state index in [1.54, 1.807) is 0 Å². The van der Waals surface area contributed by atoms with E-state index in [2.05, 4.69) is 15.2 Å². The molecule has 0 aliphatic heterocycles. The van der Waals surface area contributed by atoms with Crippen molar-refractivity contribution in [3.63, 3.8) is 0 Å². The number of carbonyl (C=O) groups excluding carboxylic acids is 2. The van der Waals surface area contributed by atoms with Crippen LogP contribution >= 0.6 is 34.9 Å². The normalized spacial score (nSPS) is 11.0. The van der Waals surface area contributed by atoms with Crippen LogP contribution in [0.1, 0.15) is 10.4 Å². The Bertz CT molecular complexity index is 1170. The summed E-state index contributed by atoms with van der Waals surface area (Å²) >= 11 is 3.95. The minimum absolute atomic E-state index is 0.0212. The summed E-state index contributed by atoms with van der Waals surface area (Å²) in [6, 6.07) is 17.6. The summed E-state index contributed by atoms with van der Waals surface area (Å²) in [5, 5.41) is 9.03. The third kappa shape index (κ3) is 4.52. The van der Waals surface area contributed by atoms with Crippen molar-refractivity contribution in [1.82, 2.24) is 15.2 Å². The van der Waals surface area contributed by atoms with Crippen molar-refractivity contribution >= 4 is 57.5 Å². The van der Waals surface area contributed by atoms with E-state index in [0.29, 0.717) is 14.2 Å². The van der Waals surface area contributed by atoms with Crippen molar-refractivity contribution in [2.75, 3.05) is 11.5 Å². The van der Waals surface area contributed by atoms with Gasteiger partial charge in [-0.25, -0.2) is 0 Å². The number of para-hydroxylation sites is 1. The molecule has 0 saturated carbocycles. The monoisotopic (exact) mass is 440 g/mol. The number of amides is 1. The number of hydrogen-bond donors (Lipinski definition) is 2. The van der Waals surface area contributed by atoms with Crippen molar-refractivity contribution in [3.8, 4) is 11.3 Å². The molecular weight excluding hydrogens is 424 g/mol. The highest BCUT2D eigenvalue weighted by atomic mass is 32.2. The Morgan fingerprint density at radius 3 is 2.31 bits per heavy atom. The van der Waals surface area contributed by atoms with Gasteiger partial charge in [0.15, 0.2) is 14.5 Å². The summed E-state index contributed by atoms with van der Waals surface area (Å²) in [6.07, 6.45) is 0. The summed E-state index contributed by atoms with van der Waals surface area (Å²) in [4.78, 5) is 27.4. The minimum atomic E-state index is -0.401. The van der Waals surface area contributed by atoms with Gasteiger partial charge in [0, 0.05) is 10.9 Å². The SMILES string of the molecule is NC(=O)CSc1nnc(SCC(=O)c2c(-c3ccccc3)[nH]c3ccccc23)s1. The van der Waals surface area contributed by atoms with Crippen molar-refractivity contribution in [2.24, 2.45) is 5.73 Å². The number of aromatic amines is 1. The van der Waals surface area contributed by atoms with Gasteiger partial charge in [-0.15, -0.1) is 10.2 Å². The van der Waals surface area contributed by atoms with Crippen LogP contribution in [-0.4, -0.2) is 38.4 Å². The van der Waals surface area contributed by atoms with Gasteiger partial charge in [0.2, 0.25) is 5.91 Å². The number of fused-ring (bicyclic) bond motifs is 1. The van der Waals surface area contributed by atoms with Gasteiger partial charge in [0.1, 0.15) is 0 Å². The Morgan fingerprint density at radius 2 is 1.59 bits per heavy atom. The summed E-state index contributed by atoms with van der Waals surface area (Å²) < 4.78 is 1.35. The average Bonchev–Trinajstić information content (AvgIpc) is 3.35. The third-order valence-corrected chi connectivity index (χ3v) is 7.31. The molecular formula is C20H16N4O2S3. The maximum absolute atomic E-state index is 13.2. The number of nitrogens with one attached hydrogen (secondary N) is 1. The number of primary amides is 1. The topological polar surface area (TPSA) is 102 Å². The molecule has 29 heavy (non-hydrogen) atoms. The van der Waals surface area contributed by atoms with Gasteiger partial charge in [-0.1, -0.05) is 83.4 Å². The van der Waals surface area contributed by atoms with Crippen LogP contribution in [0.25, 0.3) is 22.2 Å². The summed E-state index contributed by atoms with van der Waals surface area (Å²) in [6.45, 7) is 0. The molecule has 2 aromatic carbocycles. The molecule has 0 aliphatic carbocycles. The van der Waals surface area contributed by atoms with Crippen LogP contribution in [0.5, 0.6) is 0 Å². The number of rotatable bonds is 8. The maximum Gasteiger partial charge on any atom is 0.227 e. The van der Waals surface area contributed by atoms with Crippen LogP contribution in [0.15, 0.2) is 63.3 Å². The second kappa shape index (κ2) is 8.81. The van der Waals surface area contributed by atoms with E-state index in [-0.39, 0.29) is 17.3 Å². The van der Waals surface area contributed by atoms with Crippen molar-refractivity contribution in [3.05, 3.63) is 60.2 Å². The Balaban J connectivity index is 1.56. The van der Waals surface area contributed by atoms with Gasteiger partial charge < -0.3 is 10.7 Å². The summed E-state index contributed by atoms with van der Waals surface area (Å²) in [5.41, 5.74) is 8.57. The Morgan fingerprint density at radius 1 is 0.931 bits per heavy atom. The molecule has 0 radical (unpaired) electrons. The zero-order valence-electron chi connectivity index (χ0n) is 15.1. The smallest absolute Gasteiger partial charge is 0.227 e. The molecule has 4 rings (SSSR count). The molecule has 9 heteroatoms. The number of ketones is 1. The molecule has 1 amide bonds. The van der Waals surface area contributed by atoms with Crippen molar-refractivity contribution < 1.29 is 9.59 Å². The highest BCUT2D eigenvalue weighted by Crippen LogP contribution is 2.33. The number of H-pyrrole nitrogens is 1. The van der Waals surface area contributed by atoms with Crippen LogP contribution in [0.3, 0.4) is 0 Å². The Hall–Kier alpha value is -2.62. The predicted molar refractivity (Wildman–Crippen MR) is 119 cm³/mol. The van der Waals surface area contributed by atoms with Crippen molar-refractivity contribution in [2.45, 2.75) is 8.68 Å². The van der Waals surface area contributed by atoms with Gasteiger partial charge in [-0.05, 0) is 11.6 Å². The van der Waals surface area contributed by atoms with Crippen LogP contribution < -0.4 is 5.73 Å². The molecule has 6 nitrogen and oxygen atoms in total. The molecule has 0 fully saturated rings. The lowest BCUT2D eigenvalue weighted by Crippen LogP contribution is -2.12. The van der Waals surface area contributed by atoms with E-state index in [4.69, 9.17) is 5.73 Å². The number of hydrogen-bond acceptors (Lipinski definition) is 7. The molecule has 3 N–H and O–H groups in total. The number of thioether (sulfide) groups is 2. The Labute approximate surface area is 179 Å². The van der Waals surface area contributed by atoms with Gasteiger partial charge in [0.25, 0.3) is 0 Å². The van der Waals surface area contributed by atoms with Gasteiger partial charge in [-0.2, -0.15) is 0 Å². The molecule has 0 spiro atoms. The minimum Gasteiger partial charge on any atom is -0.369 e. The lowest BCUT2D eigenvalue weighted by atomic mass is 10.0. The molecule has 0 aliphatic rings. The molecule has 2 aromatic heterocycles. The summed E-state index contributed by atoms with van der Waals surface area (Å²) in [7, 11) is 0. The first-order valence-electron chi connectivity index (χ1n) is 8.68. The lowest BCUT2D eigenvalue weighted by molar-refractivity contribution is -0.115. The molecule has 146 valence electrons. The number of benzene rings is 2. The van der Waals surface area contributed by atoms with E-state index in [1.165, 1.54) is 34.9 Å². The average molecular weight is 441 g/mol. The van der Waals surface area contributed by atoms with E-state index < -0.39 is 5.91 Å². The fourth-order valence-electron chi connectivity index (χ4n) is 2.90. The molecule has 0 atom stereocenters. The number of aromatic nitrogens is 3. The molecule has 0 bridgehead atoms. The fourth-order valence-corrected chi connectivity index (χ4v) is 5.53. The van der Waals surface area contributed by atoms with Crippen LogP contribution in [-0.2, 0) is 4.79 Å². The largest absolute Gasteiger partial charge is 0.369 e. The first-order valence-corrected chi connectivity index (χ1v) is 11.5. The lowest BCUT2D eigenvalue weighted by Gasteiger charge is -2.04. The number of carbonyl (C=O) groups is 2. The van der Waals surface area contributed by atoms with Crippen molar-refractivity contribution in [1.29, 1.82) is 0 Å². The van der Waals surface area contributed by atoms with E-state index in [0.717, 1.165) is 22.2 Å². The standard InChI is InChI=1S/C20H16N4O2S3/c21-16(26)11-28-20-24-23-19(29-20)27-10-15(25)17-13-8-4-5-9-14(13)22-18(17)12-6-2-1-3-7-12/h1-9,22H,10-11H2,(H2,21,26). The van der Waals surface area contributed by atoms with E-state index in [1.807, 2.05) is 54.6 Å². The maximum atomic E-state index is 13.2. The van der Waals surface area contributed by atoms with Crippen LogP contribution in [0, 0.1) is 0 Å². The van der Waals surface area contributed by atoms with Gasteiger partial charge >= 0.3 is 0 Å². The Kier molecular flexibility index (Phi) is 5.98. The number of nitrogens with zero attached hydrogens (tertiary/aromatic N) is 2. The fraction of sp³-hybridized carbons (Fsp3) is 0.100. The van der Waals surface area contributed by atoms with Crippen LogP contribution in [0.4, 0.5) is 0 Å². The molecule has 4 aromatic rings. The molecule has 2 heterocycles. The predicted octanol–water partition coefficient (Wildman–Crippen LogP) is 4.24. The first kappa shape index (κ1) is 19.7. The quantitative estimate of drug-likeness (QED) is 0.314. The first-order chi connectivity index (χ1) is 14.1. The number of Topliss-reactive ketones (excluding diaryl/α,β-unsaturated/α-hetero) is 1. The van der Waals surface area contributed by atoms with E-state index in [9.17, 15) is 9.59 Å². The number of nitrogens with two attached hydrogens (primary N) is 1. The third-order valence-electron chi connectivity index (χ3n) is 4.10. The van der Waals surface area contributed by atoms with Crippen LogP contribution in [0.2, 0.25) is 0 Å². The zero-order chi connectivity index (χ0) is 20.2. The zero-order valence-corrected chi connectivity index (χ0v) is 17.6. The second-order valence-electron chi connectivity index (χ2n) is 6.09. The van der Waals surface area contributed by atoms with Gasteiger partial charge in [0.05, 0.1) is 22.8 Å². The van der Waals surface area contributed by atoms with Gasteiger partial charge in [-0.3, -0.25) is 9.59 Å². The second-order valence-corrected chi connectivity index (χ2v) is 9.51. The molecule has 0 saturated heterocycles. The highest BCUT2D eigenvalue weighted by molar-refractivity contribution is 8.03. The highest BCUT2D eigenvalue weighted by Gasteiger charge is 2.20. The van der Waals surface area contributed by atoms with E-state index >= 15 is 0 Å². The molecule has 0 unspecified atom stereocenters.